The molecule has 158 valence electrons. The monoisotopic (exact) mass is 413 g/mol. The van der Waals surface area contributed by atoms with Gasteiger partial charge in [-0.3, -0.25) is 14.3 Å². The van der Waals surface area contributed by atoms with Crippen LogP contribution in [0.3, 0.4) is 0 Å². The first-order valence-corrected chi connectivity index (χ1v) is 9.96. The molecule has 2 aromatic carbocycles. The molecule has 0 bridgehead atoms. The topological polar surface area (TPSA) is 67.9 Å². The highest BCUT2D eigenvalue weighted by Crippen LogP contribution is 2.19. The van der Waals surface area contributed by atoms with Gasteiger partial charge in [0.05, 0.1) is 12.6 Å². The number of carbonyl (C=O) groups is 1. The summed E-state index contributed by atoms with van der Waals surface area (Å²) in [6, 6.07) is 12.2. The van der Waals surface area contributed by atoms with Gasteiger partial charge in [-0.1, -0.05) is 18.2 Å². The lowest BCUT2D eigenvalue weighted by molar-refractivity contribution is -0.133. The van der Waals surface area contributed by atoms with E-state index in [0.29, 0.717) is 50.4 Å². The number of rotatable bonds is 6. The highest BCUT2D eigenvalue weighted by Gasteiger charge is 2.22. The van der Waals surface area contributed by atoms with E-state index in [9.17, 15) is 14.0 Å². The number of piperazine rings is 1. The Bertz CT molecular complexity index is 1100. The first-order chi connectivity index (χ1) is 14.5. The van der Waals surface area contributed by atoms with Crippen LogP contribution in [0, 0.1) is 5.82 Å². The number of halogens is 1. The van der Waals surface area contributed by atoms with Crippen molar-refractivity contribution in [2.45, 2.75) is 19.5 Å². The molecule has 8 heteroatoms. The molecule has 0 unspecified atom stereocenters. The Hall–Kier alpha value is -3.13. The number of nitrogens with zero attached hydrogens (tertiary/aromatic N) is 3. The maximum atomic E-state index is 13.9. The molecule has 1 saturated heterocycles. The van der Waals surface area contributed by atoms with Crippen LogP contribution in [0.5, 0.6) is 5.75 Å². The summed E-state index contributed by atoms with van der Waals surface area (Å²) in [5.41, 5.74) is 2.10. The van der Waals surface area contributed by atoms with Crippen molar-refractivity contribution in [2.24, 2.45) is 0 Å². The molecule has 0 saturated carbocycles. The first kappa shape index (κ1) is 20.2. The van der Waals surface area contributed by atoms with E-state index in [1.165, 1.54) is 17.7 Å². The predicted octanol–water partition coefficient (Wildman–Crippen LogP) is 2.48. The van der Waals surface area contributed by atoms with Crippen molar-refractivity contribution in [3.05, 3.63) is 64.4 Å². The van der Waals surface area contributed by atoms with Gasteiger partial charge in [0.15, 0.2) is 17.1 Å². The molecular formula is C22H24FN3O4. The lowest BCUT2D eigenvalue weighted by atomic mass is 10.1. The van der Waals surface area contributed by atoms with Gasteiger partial charge in [0.25, 0.3) is 0 Å². The summed E-state index contributed by atoms with van der Waals surface area (Å²) in [6.07, 6.45) is 0.243. The number of oxazole rings is 1. The number of hydrogen-bond acceptors (Lipinski definition) is 5. The minimum absolute atomic E-state index is 0.0160. The van der Waals surface area contributed by atoms with Gasteiger partial charge < -0.3 is 14.1 Å². The van der Waals surface area contributed by atoms with E-state index in [1.54, 1.807) is 18.2 Å². The third kappa shape index (κ3) is 4.23. The first-order valence-electron chi connectivity index (χ1n) is 9.96. The molecule has 0 atom stereocenters. The summed E-state index contributed by atoms with van der Waals surface area (Å²) < 4.78 is 25.5. The van der Waals surface area contributed by atoms with Gasteiger partial charge in [-0.25, -0.2) is 9.18 Å². The van der Waals surface area contributed by atoms with E-state index < -0.39 is 5.76 Å². The summed E-state index contributed by atoms with van der Waals surface area (Å²) in [5, 5.41) is 0. The lowest BCUT2D eigenvalue weighted by Gasteiger charge is -2.34. The standard InChI is InChI=1S/C22H24FN3O4/c1-29-19-7-6-16(14-17(19)23)15-24-10-12-25(13-11-24)21(27)8-9-26-18-4-2-3-5-20(18)30-22(26)28/h2-7,14H,8-13,15H2,1H3. The third-order valence-electron chi connectivity index (χ3n) is 5.47. The SMILES string of the molecule is COc1ccc(CN2CCN(C(=O)CCn3c(=O)oc4ccccc43)CC2)cc1F. The van der Waals surface area contributed by atoms with Crippen LogP contribution in [-0.2, 0) is 17.9 Å². The second-order valence-electron chi connectivity index (χ2n) is 7.36. The maximum Gasteiger partial charge on any atom is 0.419 e. The van der Waals surface area contributed by atoms with Gasteiger partial charge in [-0.15, -0.1) is 0 Å². The van der Waals surface area contributed by atoms with Crippen molar-refractivity contribution in [1.29, 1.82) is 0 Å². The van der Waals surface area contributed by atoms with E-state index >= 15 is 0 Å². The molecule has 30 heavy (non-hydrogen) atoms. The fourth-order valence-corrected chi connectivity index (χ4v) is 3.81. The van der Waals surface area contributed by atoms with Crippen molar-refractivity contribution in [2.75, 3.05) is 33.3 Å². The van der Waals surface area contributed by atoms with Crippen LogP contribution >= 0.6 is 0 Å². The summed E-state index contributed by atoms with van der Waals surface area (Å²) in [6.45, 7) is 3.57. The summed E-state index contributed by atoms with van der Waals surface area (Å²) >= 11 is 0. The van der Waals surface area contributed by atoms with Crippen LogP contribution in [0.2, 0.25) is 0 Å². The highest BCUT2D eigenvalue weighted by molar-refractivity contribution is 5.77. The normalized spacial score (nSPS) is 14.9. The number of carbonyl (C=O) groups excluding carboxylic acids is 1. The van der Waals surface area contributed by atoms with Crippen molar-refractivity contribution in [3.8, 4) is 5.75 Å². The fraction of sp³-hybridized carbons (Fsp3) is 0.364. The van der Waals surface area contributed by atoms with E-state index in [2.05, 4.69) is 4.90 Å². The Labute approximate surface area is 173 Å². The smallest absolute Gasteiger partial charge is 0.419 e. The van der Waals surface area contributed by atoms with Crippen molar-refractivity contribution in [1.82, 2.24) is 14.4 Å². The summed E-state index contributed by atoms with van der Waals surface area (Å²) in [7, 11) is 1.44. The number of methoxy groups -OCH3 is 1. The summed E-state index contributed by atoms with van der Waals surface area (Å²) in [5.74, 6) is -0.563. The predicted molar refractivity (Wildman–Crippen MR) is 110 cm³/mol. The van der Waals surface area contributed by atoms with E-state index in [1.807, 2.05) is 23.1 Å². The van der Waals surface area contributed by atoms with Crippen LogP contribution in [0.25, 0.3) is 11.1 Å². The minimum atomic E-state index is -0.444. The van der Waals surface area contributed by atoms with Crippen LogP contribution in [-0.4, -0.2) is 53.6 Å². The van der Waals surface area contributed by atoms with Crippen LogP contribution < -0.4 is 10.5 Å². The number of fused-ring (bicyclic) bond motifs is 1. The van der Waals surface area contributed by atoms with Gasteiger partial charge in [0.2, 0.25) is 5.91 Å². The molecule has 1 amide bonds. The van der Waals surface area contributed by atoms with Gasteiger partial charge >= 0.3 is 5.76 Å². The number of aryl methyl sites for hydroxylation is 1. The van der Waals surface area contributed by atoms with Crippen LogP contribution in [0.4, 0.5) is 4.39 Å². The largest absolute Gasteiger partial charge is 0.494 e. The lowest BCUT2D eigenvalue weighted by Crippen LogP contribution is -2.48. The van der Waals surface area contributed by atoms with Crippen molar-refractivity contribution in [3.63, 3.8) is 0 Å². The summed E-state index contributed by atoms with van der Waals surface area (Å²) in [4.78, 5) is 28.7. The molecule has 7 nitrogen and oxygen atoms in total. The highest BCUT2D eigenvalue weighted by atomic mass is 19.1. The zero-order valence-electron chi connectivity index (χ0n) is 16.8. The Morgan fingerprint density at radius 1 is 1.13 bits per heavy atom. The molecule has 0 radical (unpaired) electrons. The molecule has 0 N–H and O–H groups in total. The molecule has 0 aliphatic carbocycles. The van der Waals surface area contributed by atoms with Crippen LogP contribution in [0.15, 0.2) is 51.7 Å². The van der Waals surface area contributed by atoms with Crippen molar-refractivity contribution >= 4 is 17.0 Å². The Morgan fingerprint density at radius 2 is 1.90 bits per heavy atom. The second-order valence-corrected chi connectivity index (χ2v) is 7.36. The molecule has 1 aromatic heterocycles. The quantitative estimate of drug-likeness (QED) is 0.621. The number of ether oxygens (including phenoxy) is 1. The average Bonchev–Trinajstić information content (AvgIpc) is 3.07. The minimum Gasteiger partial charge on any atom is -0.494 e. The number of amides is 1. The molecule has 2 heterocycles. The van der Waals surface area contributed by atoms with Crippen molar-refractivity contribution < 1.29 is 18.3 Å². The van der Waals surface area contributed by atoms with Crippen LogP contribution in [0.1, 0.15) is 12.0 Å². The second kappa shape index (κ2) is 8.71. The van der Waals surface area contributed by atoms with Gasteiger partial charge in [-0.2, -0.15) is 0 Å². The van der Waals surface area contributed by atoms with E-state index in [-0.39, 0.29) is 23.9 Å². The van der Waals surface area contributed by atoms with Gasteiger partial charge in [0.1, 0.15) is 0 Å². The van der Waals surface area contributed by atoms with Gasteiger partial charge in [-0.05, 0) is 29.8 Å². The molecular weight excluding hydrogens is 389 g/mol. The average molecular weight is 413 g/mol. The third-order valence-corrected chi connectivity index (χ3v) is 5.47. The molecule has 1 aliphatic rings. The van der Waals surface area contributed by atoms with Gasteiger partial charge in [0, 0.05) is 45.7 Å². The number of benzene rings is 2. The number of para-hydroxylation sites is 2. The van der Waals surface area contributed by atoms with E-state index in [0.717, 1.165) is 5.56 Å². The van der Waals surface area contributed by atoms with E-state index in [4.69, 9.17) is 9.15 Å². The Kier molecular flexibility index (Phi) is 5.85. The molecule has 1 aliphatic heterocycles. The zero-order chi connectivity index (χ0) is 21.1. The molecule has 4 rings (SSSR count). The molecule has 0 spiro atoms. The maximum absolute atomic E-state index is 13.9. The fourth-order valence-electron chi connectivity index (χ4n) is 3.81. The number of aromatic nitrogens is 1. The number of hydrogen-bond donors (Lipinski definition) is 0. The molecule has 1 fully saturated rings. The zero-order valence-corrected chi connectivity index (χ0v) is 16.8. The Morgan fingerprint density at radius 3 is 2.63 bits per heavy atom. The molecule has 3 aromatic rings. The Balaban J connectivity index is 1.29.